The largest absolute Gasteiger partial charge is 0.399 e. The third kappa shape index (κ3) is 4.65. The number of rotatable bonds is 9. The fourth-order valence-corrected chi connectivity index (χ4v) is 3.84. The Morgan fingerprint density at radius 3 is 2.53 bits per heavy atom. The van der Waals surface area contributed by atoms with E-state index in [0.29, 0.717) is 55.1 Å². The van der Waals surface area contributed by atoms with Crippen molar-refractivity contribution in [3.8, 4) is 0 Å². The normalized spacial score (nSPS) is 11.3. The molecule has 0 aliphatic heterocycles. The van der Waals surface area contributed by atoms with Crippen LogP contribution in [0.2, 0.25) is 0 Å². The van der Waals surface area contributed by atoms with E-state index in [9.17, 15) is 9.59 Å². The maximum absolute atomic E-state index is 13.3. The minimum atomic E-state index is -0.361. The summed E-state index contributed by atoms with van der Waals surface area (Å²) >= 11 is 0. The molecule has 0 radical (unpaired) electrons. The first-order valence-corrected chi connectivity index (χ1v) is 10.7. The number of nitrogens with zero attached hydrogens (tertiary/aromatic N) is 3. The second-order valence-corrected chi connectivity index (χ2v) is 7.78. The minimum absolute atomic E-state index is 0.284. The van der Waals surface area contributed by atoms with E-state index in [1.807, 2.05) is 54.6 Å². The topological polar surface area (TPSA) is 108 Å². The number of hydrogen-bond acceptors (Lipinski definition) is 5. The summed E-state index contributed by atoms with van der Waals surface area (Å²) < 4.78 is 7.94. The molecule has 8 nitrogen and oxygen atoms in total. The Labute approximate surface area is 185 Å². The zero-order chi connectivity index (χ0) is 22.5. The van der Waals surface area contributed by atoms with Crippen LogP contribution in [-0.2, 0) is 30.7 Å². The number of nitrogens with two attached hydrogens (primary N) is 1. The lowest BCUT2D eigenvalue weighted by atomic mass is 10.1. The van der Waals surface area contributed by atoms with Crippen LogP contribution >= 0.6 is 0 Å². The second-order valence-electron chi connectivity index (χ2n) is 7.78. The molecule has 4 rings (SSSR count). The number of aryl methyl sites for hydroxylation is 2. The number of H-pyrrole nitrogens is 1. The predicted octanol–water partition coefficient (Wildman–Crippen LogP) is 2.34. The van der Waals surface area contributed by atoms with E-state index in [1.165, 1.54) is 4.57 Å². The van der Waals surface area contributed by atoms with Gasteiger partial charge in [0.15, 0.2) is 5.65 Å². The lowest BCUT2D eigenvalue weighted by Crippen LogP contribution is -2.40. The summed E-state index contributed by atoms with van der Waals surface area (Å²) in [6, 6.07) is 17.5. The van der Waals surface area contributed by atoms with Crippen LogP contribution in [-0.4, -0.2) is 32.8 Å². The van der Waals surface area contributed by atoms with Gasteiger partial charge in [-0.15, -0.1) is 0 Å². The Hall–Kier alpha value is -3.65. The summed E-state index contributed by atoms with van der Waals surface area (Å²) in [5.74, 6) is 0.648. The third-order valence-electron chi connectivity index (χ3n) is 5.43. The molecule has 2 aromatic heterocycles. The van der Waals surface area contributed by atoms with Crippen molar-refractivity contribution in [2.24, 2.45) is 0 Å². The molecule has 0 saturated heterocycles. The van der Waals surface area contributed by atoms with E-state index >= 15 is 0 Å². The molecule has 8 heteroatoms. The van der Waals surface area contributed by atoms with Crippen LogP contribution in [0, 0.1) is 0 Å². The maximum Gasteiger partial charge on any atom is 0.332 e. The van der Waals surface area contributed by atoms with Crippen LogP contribution in [0.15, 0.2) is 64.2 Å². The number of nitrogen functional groups attached to an aromatic ring is 1. The first kappa shape index (κ1) is 21.6. The first-order valence-electron chi connectivity index (χ1n) is 10.7. The third-order valence-corrected chi connectivity index (χ3v) is 5.43. The summed E-state index contributed by atoms with van der Waals surface area (Å²) in [6.07, 6.45) is 1.70. The van der Waals surface area contributed by atoms with Crippen molar-refractivity contribution in [3.63, 3.8) is 0 Å². The lowest BCUT2D eigenvalue weighted by Gasteiger charge is -2.11. The molecule has 0 fully saturated rings. The van der Waals surface area contributed by atoms with Gasteiger partial charge in [-0.3, -0.25) is 13.9 Å². The van der Waals surface area contributed by atoms with Crippen molar-refractivity contribution in [2.45, 2.75) is 32.4 Å². The molecule has 2 aromatic carbocycles. The Morgan fingerprint density at radius 1 is 1.00 bits per heavy atom. The molecule has 3 N–H and O–H groups in total. The van der Waals surface area contributed by atoms with Gasteiger partial charge >= 0.3 is 5.69 Å². The van der Waals surface area contributed by atoms with Gasteiger partial charge in [0.05, 0.1) is 0 Å². The number of imidazole rings is 1. The van der Waals surface area contributed by atoms with Crippen molar-refractivity contribution in [1.82, 2.24) is 19.1 Å². The van der Waals surface area contributed by atoms with Crippen LogP contribution in [0.4, 0.5) is 5.69 Å². The van der Waals surface area contributed by atoms with Gasteiger partial charge in [-0.25, -0.2) is 9.78 Å². The van der Waals surface area contributed by atoms with E-state index < -0.39 is 0 Å². The number of benzene rings is 2. The molecular formula is C24H27N5O3. The van der Waals surface area contributed by atoms with Gasteiger partial charge in [0.2, 0.25) is 0 Å². The van der Waals surface area contributed by atoms with Crippen molar-refractivity contribution < 1.29 is 4.74 Å². The molecule has 0 unspecified atom stereocenters. The molecule has 0 bridgehead atoms. The molecule has 0 spiro atoms. The van der Waals surface area contributed by atoms with E-state index in [0.717, 1.165) is 11.1 Å². The first-order chi connectivity index (χ1) is 15.6. The molecule has 0 saturated carbocycles. The van der Waals surface area contributed by atoms with E-state index in [-0.39, 0.29) is 17.8 Å². The smallest absolute Gasteiger partial charge is 0.332 e. The number of anilines is 1. The number of fused-ring (bicyclic) bond motifs is 1. The molecule has 2 heterocycles. The standard InChI is InChI=1S/C24H27N5O3/c1-32-14-6-12-29-23(30)21-22(27-20(26-21)16-17-7-3-2-4-8-17)28(24(29)31)13-11-18-9-5-10-19(25)15-18/h2-5,7-10,15H,6,11-14,16,25H2,1H3,(H,26,27). The van der Waals surface area contributed by atoms with Gasteiger partial charge in [-0.1, -0.05) is 42.5 Å². The molecule has 0 amide bonds. The Morgan fingerprint density at radius 2 is 1.78 bits per heavy atom. The molecule has 4 aromatic rings. The SMILES string of the molecule is COCCCn1c(=O)c2[nH]c(Cc3ccccc3)nc2n(CCc2cccc(N)c2)c1=O. The highest BCUT2D eigenvalue weighted by atomic mass is 16.5. The molecule has 0 aliphatic rings. The van der Waals surface area contributed by atoms with Crippen LogP contribution in [0.25, 0.3) is 11.2 Å². The van der Waals surface area contributed by atoms with Gasteiger partial charge in [0, 0.05) is 38.9 Å². The molecular weight excluding hydrogens is 406 g/mol. The van der Waals surface area contributed by atoms with E-state index in [2.05, 4.69) is 9.97 Å². The maximum atomic E-state index is 13.3. The Kier molecular flexibility index (Phi) is 6.51. The highest BCUT2D eigenvalue weighted by Gasteiger charge is 2.17. The van der Waals surface area contributed by atoms with Crippen molar-refractivity contribution in [1.29, 1.82) is 0 Å². The van der Waals surface area contributed by atoms with Gasteiger partial charge in [-0.2, -0.15) is 0 Å². The van der Waals surface area contributed by atoms with Crippen molar-refractivity contribution >= 4 is 16.9 Å². The molecule has 0 atom stereocenters. The number of aromatic amines is 1. The van der Waals surface area contributed by atoms with Gasteiger partial charge in [0.25, 0.3) is 5.56 Å². The van der Waals surface area contributed by atoms with E-state index in [1.54, 1.807) is 11.7 Å². The number of ether oxygens (including phenoxy) is 1. The van der Waals surface area contributed by atoms with Gasteiger partial charge in [-0.05, 0) is 36.1 Å². The number of nitrogens with one attached hydrogen (secondary N) is 1. The predicted molar refractivity (Wildman–Crippen MR) is 125 cm³/mol. The summed E-state index contributed by atoms with van der Waals surface area (Å²) in [6.45, 7) is 1.14. The summed E-state index contributed by atoms with van der Waals surface area (Å²) in [5, 5.41) is 0. The highest BCUT2D eigenvalue weighted by Crippen LogP contribution is 2.13. The second kappa shape index (κ2) is 9.65. The molecule has 32 heavy (non-hydrogen) atoms. The number of methoxy groups -OCH3 is 1. The average molecular weight is 434 g/mol. The summed E-state index contributed by atoms with van der Waals surface area (Å²) in [7, 11) is 1.60. The average Bonchev–Trinajstić information content (AvgIpc) is 3.20. The molecule has 0 aliphatic carbocycles. The van der Waals surface area contributed by atoms with Crippen molar-refractivity contribution in [3.05, 3.63) is 92.4 Å². The number of aromatic nitrogens is 4. The van der Waals surface area contributed by atoms with Gasteiger partial charge < -0.3 is 15.5 Å². The highest BCUT2D eigenvalue weighted by molar-refractivity contribution is 5.70. The lowest BCUT2D eigenvalue weighted by molar-refractivity contribution is 0.189. The van der Waals surface area contributed by atoms with Crippen LogP contribution in [0.3, 0.4) is 0 Å². The zero-order valence-corrected chi connectivity index (χ0v) is 18.1. The Bertz CT molecular complexity index is 1320. The fraction of sp³-hybridized carbons (Fsp3) is 0.292. The van der Waals surface area contributed by atoms with Crippen LogP contribution in [0.5, 0.6) is 0 Å². The Balaban J connectivity index is 1.75. The van der Waals surface area contributed by atoms with Crippen LogP contribution < -0.4 is 17.0 Å². The monoisotopic (exact) mass is 433 g/mol. The molecule has 166 valence electrons. The van der Waals surface area contributed by atoms with Crippen LogP contribution in [0.1, 0.15) is 23.4 Å². The van der Waals surface area contributed by atoms with E-state index in [4.69, 9.17) is 10.5 Å². The summed E-state index contributed by atoms with van der Waals surface area (Å²) in [5.41, 5.74) is 8.68. The fourth-order valence-electron chi connectivity index (χ4n) is 3.84. The minimum Gasteiger partial charge on any atom is -0.399 e. The van der Waals surface area contributed by atoms with Crippen molar-refractivity contribution in [2.75, 3.05) is 19.5 Å². The zero-order valence-electron chi connectivity index (χ0n) is 18.1. The summed E-state index contributed by atoms with van der Waals surface area (Å²) in [4.78, 5) is 34.2. The van der Waals surface area contributed by atoms with Gasteiger partial charge in [0.1, 0.15) is 11.3 Å². The number of hydrogen-bond donors (Lipinski definition) is 2. The quantitative estimate of drug-likeness (QED) is 0.311.